The average Bonchev–Trinajstić information content (AvgIpc) is 2.41. The van der Waals surface area contributed by atoms with Gasteiger partial charge in [0.1, 0.15) is 5.75 Å². The van der Waals surface area contributed by atoms with Gasteiger partial charge >= 0.3 is 0 Å². The van der Waals surface area contributed by atoms with Gasteiger partial charge in [-0.05, 0) is 49.8 Å². The van der Waals surface area contributed by atoms with E-state index < -0.39 is 5.60 Å². The van der Waals surface area contributed by atoms with Crippen molar-refractivity contribution in [1.82, 2.24) is 5.32 Å². The Morgan fingerprint density at radius 2 is 1.85 bits per heavy atom. The molecule has 0 saturated heterocycles. The van der Waals surface area contributed by atoms with E-state index in [1.165, 1.54) is 5.56 Å². The molecule has 0 heterocycles. The molecule has 1 unspecified atom stereocenters. The van der Waals surface area contributed by atoms with Crippen LogP contribution in [-0.4, -0.2) is 23.9 Å². The molecule has 0 aliphatic heterocycles. The first-order chi connectivity index (χ1) is 9.48. The molecular weight excluding hydrogens is 250 g/mol. The van der Waals surface area contributed by atoms with Crippen LogP contribution in [0.15, 0.2) is 24.3 Å². The second kappa shape index (κ2) is 6.59. The Balaban J connectivity index is 1.82. The Morgan fingerprint density at radius 1 is 1.20 bits per heavy atom. The van der Waals surface area contributed by atoms with E-state index in [2.05, 4.69) is 38.2 Å². The van der Waals surface area contributed by atoms with E-state index in [-0.39, 0.29) is 6.04 Å². The summed E-state index contributed by atoms with van der Waals surface area (Å²) in [7, 11) is 0. The second-order valence-electron chi connectivity index (χ2n) is 6.45. The summed E-state index contributed by atoms with van der Waals surface area (Å²) in [6, 6.07) is 8.48. The van der Waals surface area contributed by atoms with Gasteiger partial charge in [-0.1, -0.05) is 26.0 Å². The molecule has 1 saturated carbocycles. The molecule has 0 amide bonds. The predicted octanol–water partition coefficient (Wildman–Crippen LogP) is 3.29. The third-order valence-corrected chi connectivity index (χ3v) is 3.99. The number of rotatable bonds is 7. The summed E-state index contributed by atoms with van der Waals surface area (Å²) in [5, 5.41) is 13.5. The van der Waals surface area contributed by atoms with Crippen molar-refractivity contribution >= 4 is 0 Å². The van der Waals surface area contributed by atoms with Crippen molar-refractivity contribution in [2.75, 3.05) is 13.2 Å². The van der Waals surface area contributed by atoms with Crippen LogP contribution < -0.4 is 10.1 Å². The Bertz CT molecular complexity index is 410. The maximum absolute atomic E-state index is 10.1. The zero-order valence-corrected chi connectivity index (χ0v) is 12.9. The standard InChI is InChI=1S/C17H27NO2/c1-13(2)11-20-16-7-5-15(6-8-16)14(3)18-12-17(19)9-4-10-17/h5-8,13-14,18-19H,4,9-12H2,1-3H3. The smallest absolute Gasteiger partial charge is 0.119 e. The van der Waals surface area contributed by atoms with Crippen LogP contribution in [-0.2, 0) is 0 Å². The summed E-state index contributed by atoms with van der Waals surface area (Å²) in [5.41, 5.74) is 0.763. The Kier molecular flexibility index (Phi) is 5.06. The molecular formula is C17H27NO2. The van der Waals surface area contributed by atoms with E-state index in [4.69, 9.17) is 4.74 Å². The van der Waals surface area contributed by atoms with Crippen molar-refractivity contribution in [2.24, 2.45) is 5.92 Å². The monoisotopic (exact) mass is 277 g/mol. The molecule has 1 aromatic rings. The number of nitrogens with one attached hydrogen (secondary N) is 1. The van der Waals surface area contributed by atoms with Crippen molar-refractivity contribution in [2.45, 2.75) is 51.7 Å². The van der Waals surface area contributed by atoms with Gasteiger partial charge in [0.15, 0.2) is 0 Å². The molecule has 3 nitrogen and oxygen atoms in total. The maximum Gasteiger partial charge on any atom is 0.119 e. The highest BCUT2D eigenvalue weighted by Gasteiger charge is 2.34. The lowest BCUT2D eigenvalue weighted by Crippen LogP contribution is -2.46. The number of aliphatic hydroxyl groups is 1. The van der Waals surface area contributed by atoms with Gasteiger partial charge in [0, 0.05) is 12.6 Å². The zero-order valence-electron chi connectivity index (χ0n) is 12.9. The maximum atomic E-state index is 10.1. The number of hydrogen-bond acceptors (Lipinski definition) is 3. The lowest BCUT2D eigenvalue weighted by Gasteiger charge is -2.37. The van der Waals surface area contributed by atoms with E-state index in [1.807, 2.05) is 12.1 Å². The third-order valence-electron chi connectivity index (χ3n) is 3.99. The number of benzene rings is 1. The van der Waals surface area contributed by atoms with Crippen LogP contribution in [0.3, 0.4) is 0 Å². The van der Waals surface area contributed by atoms with Crippen LogP contribution in [0.25, 0.3) is 0 Å². The number of ether oxygens (including phenoxy) is 1. The first-order valence-electron chi connectivity index (χ1n) is 7.67. The van der Waals surface area contributed by atoms with Gasteiger partial charge in [-0.2, -0.15) is 0 Å². The minimum Gasteiger partial charge on any atom is -0.493 e. The van der Waals surface area contributed by atoms with E-state index in [9.17, 15) is 5.11 Å². The van der Waals surface area contributed by atoms with Crippen molar-refractivity contribution in [3.63, 3.8) is 0 Å². The van der Waals surface area contributed by atoms with Crippen LogP contribution in [0.4, 0.5) is 0 Å². The van der Waals surface area contributed by atoms with E-state index >= 15 is 0 Å². The molecule has 20 heavy (non-hydrogen) atoms. The molecule has 112 valence electrons. The summed E-state index contributed by atoms with van der Waals surface area (Å²) >= 11 is 0. The molecule has 2 rings (SSSR count). The molecule has 1 aromatic carbocycles. The Morgan fingerprint density at radius 3 is 2.35 bits per heavy atom. The zero-order chi connectivity index (χ0) is 14.6. The molecule has 0 spiro atoms. The normalized spacial score (nSPS) is 18.6. The quantitative estimate of drug-likeness (QED) is 0.803. The third kappa shape index (κ3) is 4.22. The molecule has 2 N–H and O–H groups in total. The van der Waals surface area contributed by atoms with Crippen molar-refractivity contribution in [1.29, 1.82) is 0 Å². The summed E-state index contributed by atoms with van der Waals surface area (Å²) in [4.78, 5) is 0. The molecule has 0 bridgehead atoms. The van der Waals surface area contributed by atoms with Gasteiger partial charge in [-0.25, -0.2) is 0 Å². The fourth-order valence-corrected chi connectivity index (χ4v) is 2.34. The van der Waals surface area contributed by atoms with Gasteiger partial charge in [0.2, 0.25) is 0 Å². The van der Waals surface area contributed by atoms with Crippen LogP contribution in [0.5, 0.6) is 5.75 Å². The molecule has 1 aliphatic carbocycles. The molecule has 1 atom stereocenters. The highest BCUT2D eigenvalue weighted by atomic mass is 16.5. The minimum absolute atomic E-state index is 0.249. The summed E-state index contributed by atoms with van der Waals surface area (Å²) in [6.07, 6.45) is 3.00. The van der Waals surface area contributed by atoms with E-state index in [0.717, 1.165) is 31.6 Å². The van der Waals surface area contributed by atoms with Crippen LogP contribution in [0, 0.1) is 5.92 Å². The van der Waals surface area contributed by atoms with Gasteiger partial charge in [-0.15, -0.1) is 0 Å². The van der Waals surface area contributed by atoms with Crippen molar-refractivity contribution < 1.29 is 9.84 Å². The first kappa shape index (κ1) is 15.3. The lowest BCUT2D eigenvalue weighted by molar-refractivity contribution is -0.0329. The van der Waals surface area contributed by atoms with Gasteiger partial charge < -0.3 is 15.2 Å². The van der Waals surface area contributed by atoms with Crippen molar-refractivity contribution in [3.8, 4) is 5.75 Å². The van der Waals surface area contributed by atoms with Gasteiger partial charge in [-0.3, -0.25) is 0 Å². The fourth-order valence-electron chi connectivity index (χ4n) is 2.34. The second-order valence-corrected chi connectivity index (χ2v) is 6.45. The van der Waals surface area contributed by atoms with Gasteiger partial charge in [0.05, 0.1) is 12.2 Å². The summed E-state index contributed by atoms with van der Waals surface area (Å²) in [6.45, 7) is 7.85. The summed E-state index contributed by atoms with van der Waals surface area (Å²) in [5.74, 6) is 1.46. The Labute approximate surface area is 122 Å². The van der Waals surface area contributed by atoms with Gasteiger partial charge in [0.25, 0.3) is 0 Å². The average molecular weight is 277 g/mol. The summed E-state index contributed by atoms with van der Waals surface area (Å²) < 4.78 is 5.68. The van der Waals surface area contributed by atoms with Crippen molar-refractivity contribution in [3.05, 3.63) is 29.8 Å². The number of hydrogen-bond donors (Lipinski definition) is 2. The van der Waals surface area contributed by atoms with E-state index in [1.54, 1.807) is 0 Å². The highest BCUT2D eigenvalue weighted by Crippen LogP contribution is 2.31. The molecule has 1 aliphatic rings. The lowest BCUT2D eigenvalue weighted by atomic mass is 9.80. The SMILES string of the molecule is CC(C)COc1ccc(C(C)NCC2(O)CCC2)cc1. The largest absolute Gasteiger partial charge is 0.493 e. The van der Waals surface area contributed by atoms with E-state index in [0.29, 0.717) is 12.5 Å². The van der Waals surface area contributed by atoms with Crippen LogP contribution in [0.1, 0.15) is 51.6 Å². The topological polar surface area (TPSA) is 41.5 Å². The first-order valence-corrected chi connectivity index (χ1v) is 7.67. The van der Waals surface area contributed by atoms with Crippen LogP contribution in [0.2, 0.25) is 0 Å². The Hall–Kier alpha value is -1.06. The highest BCUT2D eigenvalue weighted by molar-refractivity contribution is 5.29. The minimum atomic E-state index is -0.464. The fraction of sp³-hybridized carbons (Fsp3) is 0.647. The molecule has 3 heteroatoms. The molecule has 1 fully saturated rings. The predicted molar refractivity (Wildman–Crippen MR) is 82.0 cm³/mol. The van der Waals surface area contributed by atoms with Crippen LogP contribution >= 0.6 is 0 Å². The molecule has 0 aromatic heterocycles. The molecule has 0 radical (unpaired) electrons.